The van der Waals surface area contributed by atoms with E-state index in [4.69, 9.17) is 8.85 Å². The minimum Gasteiger partial charge on any atom is -0.393 e. The second-order valence-corrected chi connectivity index (χ2v) is 8.39. The molecule has 0 N–H and O–H groups in total. The molecular weight excluding hydrogens is 300 g/mol. The van der Waals surface area contributed by atoms with E-state index in [-0.39, 0.29) is 0 Å². The quantitative estimate of drug-likeness (QED) is 0.177. The molecule has 0 spiro atoms. The lowest BCUT2D eigenvalue weighted by Crippen LogP contribution is -2.25. The van der Waals surface area contributed by atoms with E-state index in [1.54, 1.807) is 0 Å². The summed E-state index contributed by atoms with van der Waals surface area (Å²) in [4.78, 5) is 0. The summed E-state index contributed by atoms with van der Waals surface area (Å²) in [6.45, 7) is 12.3. The number of rotatable bonds is 17. The molecule has 23 heavy (non-hydrogen) atoms. The van der Waals surface area contributed by atoms with Crippen LogP contribution in [0.25, 0.3) is 0 Å². The maximum atomic E-state index is 5.86. The molecule has 0 rings (SSSR count). The number of hydrogen-bond donors (Lipinski definition) is 0. The van der Waals surface area contributed by atoms with Crippen molar-refractivity contribution in [1.29, 1.82) is 0 Å². The summed E-state index contributed by atoms with van der Waals surface area (Å²) >= 11 is 0. The van der Waals surface area contributed by atoms with Gasteiger partial charge in [0, 0.05) is 13.2 Å². The first kappa shape index (κ1) is 22.6. The Morgan fingerprint density at radius 1 is 0.783 bits per heavy atom. The molecule has 0 aliphatic rings. The molecule has 0 unspecified atom stereocenters. The van der Waals surface area contributed by atoms with E-state index < -0.39 is 9.28 Å². The SMILES string of the molecule is C=C(C=CCCCCCCCCCC)[SiH](OCCC)OCCC. The molecule has 0 heterocycles. The Morgan fingerprint density at radius 2 is 1.30 bits per heavy atom. The largest absolute Gasteiger partial charge is 0.393 e. The Hall–Kier alpha value is -0.383. The maximum Gasteiger partial charge on any atom is 0.355 e. The van der Waals surface area contributed by atoms with Crippen molar-refractivity contribution in [3.05, 3.63) is 23.9 Å². The molecule has 3 heteroatoms. The highest BCUT2D eigenvalue weighted by Crippen LogP contribution is 2.11. The summed E-state index contributed by atoms with van der Waals surface area (Å²) in [5.74, 6) is 0. The van der Waals surface area contributed by atoms with Crippen molar-refractivity contribution in [2.24, 2.45) is 0 Å². The summed E-state index contributed by atoms with van der Waals surface area (Å²) in [5, 5.41) is 1.08. The molecule has 2 nitrogen and oxygen atoms in total. The smallest absolute Gasteiger partial charge is 0.355 e. The summed E-state index contributed by atoms with van der Waals surface area (Å²) in [7, 11) is -1.73. The molecule has 0 amide bonds. The van der Waals surface area contributed by atoms with Crippen molar-refractivity contribution >= 4 is 9.28 Å². The van der Waals surface area contributed by atoms with Gasteiger partial charge in [0.1, 0.15) is 0 Å². The molecule has 0 fully saturated rings. The minimum atomic E-state index is -1.73. The van der Waals surface area contributed by atoms with Gasteiger partial charge in [-0.1, -0.05) is 84.4 Å². The second-order valence-electron chi connectivity index (χ2n) is 6.31. The Morgan fingerprint density at radius 3 is 1.83 bits per heavy atom. The lowest BCUT2D eigenvalue weighted by molar-refractivity contribution is 0.204. The normalized spacial score (nSPS) is 11.7. The first-order valence-corrected chi connectivity index (χ1v) is 11.4. The van der Waals surface area contributed by atoms with Crippen molar-refractivity contribution in [1.82, 2.24) is 0 Å². The lowest BCUT2D eigenvalue weighted by Gasteiger charge is -2.16. The van der Waals surface area contributed by atoms with Crippen molar-refractivity contribution < 1.29 is 8.85 Å². The Bertz CT molecular complexity index is 281. The van der Waals surface area contributed by atoms with Crippen molar-refractivity contribution in [2.45, 2.75) is 91.4 Å². The third-order valence-electron chi connectivity index (χ3n) is 3.81. The zero-order valence-electron chi connectivity index (χ0n) is 15.9. The van der Waals surface area contributed by atoms with Crippen LogP contribution < -0.4 is 0 Å². The monoisotopic (exact) mass is 340 g/mol. The molecule has 0 radical (unpaired) electrons. The van der Waals surface area contributed by atoms with Gasteiger partial charge < -0.3 is 8.85 Å². The average molecular weight is 341 g/mol. The molecule has 0 atom stereocenters. The van der Waals surface area contributed by atoms with Gasteiger partial charge in [0.05, 0.1) is 0 Å². The molecule has 0 aliphatic carbocycles. The molecule has 0 aromatic heterocycles. The van der Waals surface area contributed by atoms with Crippen LogP contribution in [0.2, 0.25) is 0 Å². The van der Waals surface area contributed by atoms with Gasteiger partial charge in [-0.2, -0.15) is 0 Å². The van der Waals surface area contributed by atoms with Gasteiger partial charge in [0.15, 0.2) is 0 Å². The fourth-order valence-electron chi connectivity index (χ4n) is 2.42. The van der Waals surface area contributed by atoms with Crippen molar-refractivity contribution in [2.75, 3.05) is 13.2 Å². The predicted octanol–water partition coefficient (Wildman–Crippen LogP) is 6.24. The van der Waals surface area contributed by atoms with Crippen LogP contribution in [0, 0.1) is 0 Å². The zero-order chi connectivity index (χ0) is 17.2. The van der Waals surface area contributed by atoms with Gasteiger partial charge in [-0.05, 0) is 30.9 Å². The van der Waals surface area contributed by atoms with Gasteiger partial charge in [-0.15, -0.1) is 0 Å². The Kier molecular flexibility index (Phi) is 17.7. The second kappa shape index (κ2) is 18.0. The van der Waals surface area contributed by atoms with E-state index in [9.17, 15) is 0 Å². The van der Waals surface area contributed by atoms with Crippen LogP contribution in [0.15, 0.2) is 23.9 Å². The third kappa shape index (κ3) is 14.9. The first-order valence-electron chi connectivity index (χ1n) is 9.84. The van der Waals surface area contributed by atoms with Gasteiger partial charge in [0.25, 0.3) is 0 Å². The van der Waals surface area contributed by atoms with Crippen LogP contribution in [0.4, 0.5) is 0 Å². The molecule has 136 valence electrons. The summed E-state index contributed by atoms with van der Waals surface area (Å²) in [5.41, 5.74) is 0. The topological polar surface area (TPSA) is 18.5 Å². The van der Waals surface area contributed by atoms with E-state index in [1.165, 1.54) is 51.4 Å². The number of allylic oxidation sites excluding steroid dienone is 3. The Labute approximate surface area is 147 Å². The van der Waals surface area contributed by atoms with Crippen molar-refractivity contribution in [3.8, 4) is 0 Å². The van der Waals surface area contributed by atoms with Gasteiger partial charge in [0.2, 0.25) is 0 Å². The van der Waals surface area contributed by atoms with Gasteiger partial charge in [-0.3, -0.25) is 0 Å². The zero-order valence-corrected chi connectivity index (χ0v) is 17.1. The van der Waals surface area contributed by atoms with E-state index >= 15 is 0 Å². The third-order valence-corrected chi connectivity index (χ3v) is 5.68. The van der Waals surface area contributed by atoms with E-state index in [0.717, 1.165) is 37.7 Å². The standard InChI is InChI=1S/C20H40O2Si/c1-5-8-9-10-11-12-13-14-15-16-17-20(4)23(21-18-6-2)22-19-7-3/h16-17,23H,4-15,18-19H2,1-3H3. The van der Waals surface area contributed by atoms with E-state index in [1.807, 2.05) is 0 Å². The van der Waals surface area contributed by atoms with Crippen LogP contribution in [-0.2, 0) is 8.85 Å². The highest BCUT2D eigenvalue weighted by Gasteiger charge is 2.14. The van der Waals surface area contributed by atoms with E-state index in [0.29, 0.717) is 0 Å². The summed E-state index contributed by atoms with van der Waals surface area (Å²) in [6.07, 6.45) is 18.6. The lowest BCUT2D eigenvalue weighted by atomic mass is 10.1. The van der Waals surface area contributed by atoms with Crippen LogP contribution in [-0.4, -0.2) is 22.5 Å². The fourth-order valence-corrected chi connectivity index (χ4v) is 4.14. The van der Waals surface area contributed by atoms with Crippen LogP contribution in [0.5, 0.6) is 0 Å². The summed E-state index contributed by atoms with van der Waals surface area (Å²) < 4.78 is 11.7. The molecule has 0 saturated carbocycles. The van der Waals surface area contributed by atoms with Gasteiger partial charge >= 0.3 is 9.28 Å². The fraction of sp³-hybridized carbons (Fsp3) is 0.800. The molecule has 0 aromatic rings. The molecule has 0 aromatic carbocycles. The Balaban J connectivity index is 3.74. The molecule has 0 saturated heterocycles. The van der Waals surface area contributed by atoms with Crippen LogP contribution >= 0.6 is 0 Å². The predicted molar refractivity (Wildman–Crippen MR) is 105 cm³/mol. The summed E-state index contributed by atoms with van der Waals surface area (Å²) in [6, 6.07) is 0. The number of hydrogen-bond acceptors (Lipinski definition) is 2. The highest BCUT2D eigenvalue weighted by molar-refractivity contribution is 6.54. The maximum absolute atomic E-state index is 5.86. The van der Waals surface area contributed by atoms with Crippen LogP contribution in [0.1, 0.15) is 91.4 Å². The molecular formula is C20H40O2Si. The first-order chi connectivity index (χ1) is 11.3. The number of unbranched alkanes of at least 4 members (excludes halogenated alkanes) is 8. The average Bonchev–Trinajstić information content (AvgIpc) is 2.56. The van der Waals surface area contributed by atoms with Crippen molar-refractivity contribution in [3.63, 3.8) is 0 Å². The van der Waals surface area contributed by atoms with Crippen LogP contribution in [0.3, 0.4) is 0 Å². The highest BCUT2D eigenvalue weighted by atomic mass is 28.3. The van der Waals surface area contributed by atoms with Gasteiger partial charge in [-0.25, -0.2) is 0 Å². The minimum absolute atomic E-state index is 0.783. The molecule has 0 aliphatic heterocycles. The van der Waals surface area contributed by atoms with E-state index in [2.05, 4.69) is 39.5 Å². The molecule has 0 bridgehead atoms.